The van der Waals surface area contributed by atoms with E-state index in [0.29, 0.717) is 56.5 Å². The molecular weight excluding hydrogens is 474 g/mol. The van der Waals surface area contributed by atoms with Crippen molar-refractivity contribution in [2.24, 2.45) is 0 Å². The third-order valence-electron chi connectivity index (χ3n) is 7.37. The second-order valence-corrected chi connectivity index (χ2v) is 10.1. The van der Waals surface area contributed by atoms with Crippen LogP contribution in [0.25, 0.3) is 11.4 Å². The van der Waals surface area contributed by atoms with Crippen molar-refractivity contribution in [1.82, 2.24) is 15.3 Å². The molecule has 0 radical (unpaired) electrons. The van der Waals surface area contributed by atoms with Crippen molar-refractivity contribution in [2.75, 3.05) is 70.0 Å². The minimum absolute atomic E-state index is 0.0153. The maximum atomic E-state index is 10.8. The van der Waals surface area contributed by atoms with Gasteiger partial charge in [-0.05, 0) is 51.3 Å². The zero-order valence-corrected chi connectivity index (χ0v) is 22.0. The third-order valence-corrected chi connectivity index (χ3v) is 7.37. The van der Waals surface area contributed by atoms with Crippen LogP contribution >= 0.6 is 0 Å². The van der Waals surface area contributed by atoms with Crippen molar-refractivity contribution in [3.63, 3.8) is 0 Å². The molecule has 4 N–H and O–H groups in total. The SMILES string of the molecule is CNCC(O)COc1cccc(-c2nc(N3CCC(O)(CCO)CC3)cc(N(C)C3CCOCC3)n2)c1. The molecule has 0 saturated carbocycles. The van der Waals surface area contributed by atoms with E-state index < -0.39 is 11.7 Å². The van der Waals surface area contributed by atoms with Crippen molar-refractivity contribution in [1.29, 1.82) is 0 Å². The Hall–Kier alpha value is -2.50. The molecule has 1 aromatic carbocycles. The van der Waals surface area contributed by atoms with Gasteiger partial charge in [-0.1, -0.05) is 12.1 Å². The molecule has 1 aromatic heterocycles. The average molecular weight is 516 g/mol. The van der Waals surface area contributed by atoms with Crippen LogP contribution in [0.2, 0.25) is 0 Å². The summed E-state index contributed by atoms with van der Waals surface area (Å²) < 4.78 is 11.4. The lowest BCUT2D eigenvalue weighted by molar-refractivity contribution is -0.00543. The molecule has 1 unspecified atom stereocenters. The summed E-state index contributed by atoms with van der Waals surface area (Å²) in [5.41, 5.74) is 0.00435. The summed E-state index contributed by atoms with van der Waals surface area (Å²) in [5, 5.41) is 33.0. The number of rotatable bonds is 11. The van der Waals surface area contributed by atoms with Crippen molar-refractivity contribution in [2.45, 2.75) is 49.9 Å². The van der Waals surface area contributed by atoms with E-state index >= 15 is 0 Å². The number of likely N-dealkylation sites (N-methyl/N-ethyl adjacent to an activating group) is 1. The number of ether oxygens (including phenoxy) is 2. The largest absolute Gasteiger partial charge is 0.491 e. The van der Waals surface area contributed by atoms with E-state index in [9.17, 15) is 15.3 Å². The van der Waals surface area contributed by atoms with Gasteiger partial charge in [-0.25, -0.2) is 9.97 Å². The van der Waals surface area contributed by atoms with E-state index in [1.54, 1.807) is 7.05 Å². The van der Waals surface area contributed by atoms with E-state index in [4.69, 9.17) is 19.4 Å². The number of aliphatic hydroxyl groups excluding tert-OH is 2. The maximum absolute atomic E-state index is 10.8. The van der Waals surface area contributed by atoms with Crippen LogP contribution in [0.15, 0.2) is 30.3 Å². The van der Waals surface area contributed by atoms with Gasteiger partial charge in [-0.15, -0.1) is 0 Å². The molecule has 2 fully saturated rings. The van der Waals surface area contributed by atoms with E-state index in [1.165, 1.54) is 0 Å². The van der Waals surface area contributed by atoms with Crippen molar-refractivity contribution < 1.29 is 24.8 Å². The molecule has 204 valence electrons. The third kappa shape index (κ3) is 7.30. The van der Waals surface area contributed by atoms with Crippen LogP contribution in [0.4, 0.5) is 11.6 Å². The van der Waals surface area contributed by atoms with Crippen molar-refractivity contribution >= 4 is 11.6 Å². The van der Waals surface area contributed by atoms with Gasteiger partial charge < -0.3 is 39.9 Å². The standard InChI is InChI=1S/C27H41N5O5/c1-28-18-22(34)19-37-23-5-3-4-20(16-23)26-29-24(31(2)21-6-14-36-15-7-21)17-25(30-26)32-11-8-27(35,9-12-32)10-13-33/h3-5,16-17,21-22,28,33-35H,6-15,18-19H2,1-2H3. The lowest BCUT2D eigenvalue weighted by Gasteiger charge is -2.39. The normalized spacial score (nSPS) is 19.0. The first-order valence-electron chi connectivity index (χ1n) is 13.2. The summed E-state index contributed by atoms with van der Waals surface area (Å²) in [5.74, 6) is 2.91. The number of anilines is 2. The second-order valence-electron chi connectivity index (χ2n) is 10.1. The highest BCUT2D eigenvalue weighted by molar-refractivity contribution is 5.64. The minimum atomic E-state index is -0.827. The first kappa shape index (κ1) is 27.5. The fourth-order valence-electron chi connectivity index (χ4n) is 4.98. The van der Waals surface area contributed by atoms with Crippen molar-refractivity contribution in [3.05, 3.63) is 30.3 Å². The van der Waals surface area contributed by atoms with Gasteiger partial charge in [0.05, 0.1) is 5.60 Å². The Morgan fingerprint density at radius 2 is 1.97 bits per heavy atom. The van der Waals surface area contributed by atoms with E-state index in [-0.39, 0.29) is 13.2 Å². The molecule has 10 nitrogen and oxygen atoms in total. The van der Waals surface area contributed by atoms with Gasteiger partial charge in [0.2, 0.25) is 0 Å². The number of hydrogen-bond donors (Lipinski definition) is 4. The molecule has 37 heavy (non-hydrogen) atoms. The quantitative estimate of drug-likeness (QED) is 0.349. The van der Waals surface area contributed by atoms with Gasteiger partial charge in [-0.3, -0.25) is 0 Å². The lowest BCUT2D eigenvalue weighted by Crippen LogP contribution is -2.45. The summed E-state index contributed by atoms with van der Waals surface area (Å²) in [6.07, 6.45) is 2.84. The summed E-state index contributed by atoms with van der Waals surface area (Å²) in [7, 11) is 3.86. The highest BCUT2D eigenvalue weighted by Crippen LogP contribution is 2.32. The smallest absolute Gasteiger partial charge is 0.163 e. The van der Waals surface area contributed by atoms with Gasteiger partial charge >= 0.3 is 0 Å². The molecule has 3 heterocycles. The molecule has 0 amide bonds. The fraction of sp³-hybridized carbons (Fsp3) is 0.630. The number of aromatic nitrogens is 2. The van der Waals surface area contributed by atoms with Gasteiger partial charge in [-0.2, -0.15) is 0 Å². The number of benzene rings is 1. The Balaban J connectivity index is 1.61. The number of nitrogens with one attached hydrogen (secondary N) is 1. The predicted octanol–water partition coefficient (Wildman–Crippen LogP) is 1.43. The highest BCUT2D eigenvalue weighted by Gasteiger charge is 2.32. The van der Waals surface area contributed by atoms with Crippen LogP contribution in [0.1, 0.15) is 32.1 Å². The molecule has 4 rings (SSSR count). The Labute approximate surface area is 219 Å². The van der Waals surface area contributed by atoms with Crippen LogP contribution < -0.4 is 19.9 Å². The van der Waals surface area contributed by atoms with Gasteiger partial charge in [0.25, 0.3) is 0 Å². The number of piperidine rings is 1. The van der Waals surface area contributed by atoms with Gasteiger partial charge in [0, 0.05) is 64.2 Å². The predicted molar refractivity (Wildman–Crippen MR) is 143 cm³/mol. The summed E-state index contributed by atoms with van der Waals surface area (Å²) in [4.78, 5) is 14.3. The molecule has 2 aromatic rings. The van der Waals surface area contributed by atoms with E-state index in [1.807, 2.05) is 30.3 Å². The molecule has 2 aliphatic rings. The zero-order valence-electron chi connectivity index (χ0n) is 22.0. The fourth-order valence-corrected chi connectivity index (χ4v) is 4.98. The maximum Gasteiger partial charge on any atom is 0.163 e. The Kier molecular flexibility index (Phi) is 9.55. The highest BCUT2D eigenvalue weighted by atomic mass is 16.5. The average Bonchev–Trinajstić information content (AvgIpc) is 2.92. The van der Waals surface area contributed by atoms with Crippen LogP contribution in [0, 0.1) is 0 Å². The van der Waals surface area contributed by atoms with Crippen LogP contribution in [-0.2, 0) is 4.74 Å². The summed E-state index contributed by atoms with van der Waals surface area (Å²) in [6.45, 7) is 3.42. The van der Waals surface area contributed by atoms with Crippen LogP contribution in [-0.4, -0.2) is 103 Å². The Morgan fingerprint density at radius 3 is 2.68 bits per heavy atom. The van der Waals surface area contributed by atoms with Crippen LogP contribution in [0.3, 0.4) is 0 Å². The zero-order chi connectivity index (χ0) is 26.3. The molecule has 0 bridgehead atoms. The number of aliphatic hydroxyl groups is 3. The molecule has 0 aliphatic carbocycles. The Bertz CT molecular complexity index is 995. The first-order chi connectivity index (χ1) is 17.9. The molecular formula is C27H41N5O5. The van der Waals surface area contributed by atoms with E-state index in [2.05, 4.69) is 22.2 Å². The monoisotopic (exact) mass is 515 g/mol. The molecule has 10 heteroatoms. The topological polar surface area (TPSA) is 123 Å². The molecule has 2 aliphatic heterocycles. The van der Waals surface area contributed by atoms with Crippen LogP contribution in [0.5, 0.6) is 5.75 Å². The first-order valence-corrected chi connectivity index (χ1v) is 13.2. The molecule has 1 atom stereocenters. The molecule has 0 spiro atoms. The number of nitrogens with zero attached hydrogens (tertiary/aromatic N) is 4. The summed E-state index contributed by atoms with van der Waals surface area (Å²) >= 11 is 0. The number of hydrogen-bond acceptors (Lipinski definition) is 10. The minimum Gasteiger partial charge on any atom is -0.491 e. The van der Waals surface area contributed by atoms with Crippen molar-refractivity contribution in [3.8, 4) is 17.1 Å². The second kappa shape index (κ2) is 12.8. The Morgan fingerprint density at radius 1 is 1.22 bits per heavy atom. The molecule has 2 saturated heterocycles. The van der Waals surface area contributed by atoms with E-state index in [0.717, 1.165) is 43.3 Å². The lowest BCUT2D eigenvalue weighted by atomic mass is 9.88. The van der Waals surface area contributed by atoms with Gasteiger partial charge in [0.1, 0.15) is 30.1 Å². The van der Waals surface area contributed by atoms with Gasteiger partial charge in [0.15, 0.2) is 5.82 Å². The summed E-state index contributed by atoms with van der Waals surface area (Å²) in [6, 6.07) is 10.0.